The van der Waals surface area contributed by atoms with Crippen molar-refractivity contribution in [2.24, 2.45) is 0 Å². The highest BCUT2D eigenvalue weighted by Gasteiger charge is 2.30. The van der Waals surface area contributed by atoms with Crippen LogP contribution in [0.4, 0.5) is 0 Å². The average Bonchev–Trinajstić information content (AvgIpc) is 3.03. The molecule has 0 unspecified atom stereocenters. The molecule has 2 aromatic rings. The summed E-state index contributed by atoms with van der Waals surface area (Å²) in [5.41, 5.74) is 0.395. The molecule has 3 rings (SSSR count). The van der Waals surface area contributed by atoms with Crippen LogP contribution in [0.25, 0.3) is 0 Å². The Morgan fingerprint density at radius 3 is 1.87 bits per heavy atom. The normalized spacial score (nSPS) is 16.6. The first kappa shape index (κ1) is 15.8. The van der Waals surface area contributed by atoms with Gasteiger partial charge in [-0.15, -0.1) is 0 Å². The zero-order chi connectivity index (χ0) is 16.2. The molecule has 1 saturated heterocycles. The number of hydrogen-bond donors (Lipinski definition) is 1. The largest absolute Gasteiger partial charge is 0.369 e. The van der Waals surface area contributed by atoms with E-state index >= 15 is 0 Å². The maximum atomic E-state index is 11.3. The average molecular weight is 306 g/mol. The Balaban J connectivity index is 1.94. The van der Waals surface area contributed by atoms with Crippen LogP contribution in [0.2, 0.25) is 0 Å². The molecule has 2 nitrogen and oxygen atoms in total. The molecule has 0 atom stereocenters. The van der Waals surface area contributed by atoms with Crippen LogP contribution in [-0.4, -0.2) is 36.3 Å². The van der Waals surface area contributed by atoms with Gasteiger partial charge in [0.15, 0.2) is 5.60 Å². The van der Waals surface area contributed by atoms with Gasteiger partial charge in [-0.05, 0) is 5.92 Å². The van der Waals surface area contributed by atoms with Gasteiger partial charge in [-0.1, -0.05) is 66.6 Å². The van der Waals surface area contributed by atoms with Crippen LogP contribution < -0.4 is 0 Å². The van der Waals surface area contributed by atoms with Crippen molar-refractivity contribution in [3.63, 3.8) is 0 Å². The van der Waals surface area contributed by atoms with Gasteiger partial charge in [0.05, 0.1) is 20.1 Å². The second-order valence-electron chi connectivity index (χ2n) is 6.68. The van der Waals surface area contributed by atoms with Gasteiger partial charge in [-0.2, -0.15) is 0 Å². The Morgan fingerprint density at radius 2 is 1.39 bits per heavy atom. The van der Waals surface area contributed by atoms with Gasteiger partial charge >= 0.3 is 0 Å². The van der Waals surface area contributed by atoms with E-state index in [0.29, 0.717) is 0 Å². The Labute approximate surface area is 139 Å². The van der Waals surface area contributed by atoms with Crippen LogP contribution in [0.15, 0.2) is 60.7 Å². The maximum Gasteiger partial charge on any atom is 0.177 e. The minimum atomic E-state index is -1.25. The van der Waals surface area contributed by atoms with Gasteiger partial charge in [-0.25, -0.2) is 0 Å². The van der Waals surface area contributed by atoms with E-state index < -0.39 is 5.60 Å². The lowest BCUT2D eigenvalue weighted by Gasteiger charge is -2.27. The lowest BCUT2D eigenvalue weighted by atomic mass is 9.87. The quantitative estimate of drug-likeness (QED) is 0.682. The Bertz CT molecular complexity index is 651. The summed E-state index contributed by atoms with van der Waals surface area (Å²) in [4.78, 5) is 0. The molecule has 1 N–H and O–H groups in total. The van der Waals surface area contributed by atoms with E-state index in [2.05, 4.69) is 18.9 Å². The van der Waals surface area contributed by atoms with Crippen molar-refractivity contribution in [1.82, 2.24) is 0 Å². The fourth-order valence-corrected chi connectivity index (χ4v) is 3.28. The third-order valence-corrected chi connectivity index (χ3v) is 4.76. The lowest BCUT2D eigenvalue weighted by molar-refractivity contribution is -0.890. The number of nitrogens with zero attached hydrogens (tertiary/aromatic N) is 1. The van der Waals surface area contributed by atoms with Gasteiger partial charge < -0.3 is 9.59 Å². The van der Waals surface area contributed by atoms with Crippen LogP contribution in [-0.2, 0) is 5.60 Å². The summed E-state index contributed by atoms with van der Waals surface area (Å²) in [6.45, 7) is 3.16. The molecule has 0 aromatic heterocycles. The highest BCUT2D eigenvalue weighted by molar-refractivity contribution is 5.44. The second kappa shape index (κ2) is 6.58. The Morgan fingerprint density at radius 1 is 0.913 bits per heavy atom. The van der Waals surface area contributed by atoms with E-state index in [-0.39, 0.29) is 0 Å². The van der Waals surface area contributed by atoms with Gasteiger partial charge in [-0.3, -0.25) is 0 Å². The topological polar surface area (TPSA) is 20.2 Å². The van der Waals surface area contributed by atoms with Gasteiger partial charge in [0.2, 0.25) is 0 Å². The Hall–Kier alpha value is -2.08. The zero-order valence-electron chi connectivity index (χ0n) is 13.7. The van der Waals surface area contributed by atoms with Crippen molar-refractivity contribution >= 4 is 0 Å². The molecule has 0 spiro atoms. The summed E-state index contributed by atoms with van der Waals surface area (Å²) in [6, 6.07) is 19.4. The predicted molar refractivity (Wildman–Crippen MR) is 93.7 cm³/mol. The van der Waals surface area contributed by atoms with Gasteiger partial charge in [0.25, 0.3) is 0 Å². The van der Waals surface area contributed by atoms with E-state index in [0.717, 1.165) is 22.2 Å². The van der Waals surface area contributed by atoms with Gasteiger partial charge in [0, 0.05) is 24.0 Å². The summed E-state index contributed by atoms with van der Waals surface area (Å²) < 4.78 is 0.993. The Kier molecular flexibility index (Phi) is 4.52. The standard InChI is InChI=1S/C21H24NO/c1-22(16-8-9-17-22)18-10-15-21(23,19-11-4-2-5-12-19)20-13-6-3-7-14-20/h2-7,11-14,23H,8-9,16-18H2,1H3/q+1. The molecule has 0 aliphatic carbocycles. The van der Waals surface area contributed by atoms with Crippen molar-refractivity contribution in [2.45, 2.75) is 18.4 Å². The number of hydrogen-bond acceptors (Lipinski definition) is 1. The SMILES string of the molecule is C[N+]1(CC#CC(O)(c2ccccc2)c2ccccc2)CCCC1. The molecule has 1 heterocycles. The first-order valence-corrected chi connectivity index (χ1v) is 8.29. The first-order valence-electron chi connectivity index (χ1n) is 8.29. The fourth-order valence-electron chi connectivity index (χ4n) is 3.28. The smallest absolute Gasteiger partial charge is 0.177 e. The summed E-state index contributed by atoms with van der Waals surface area (Å²) >= 11 is 0. The molecular formula is C21H24NO+. The molecule has 1 aliphatic rings. The van der Waals surface area contributed by atoms with E-state index in [1.165, 1.54) is 25.9 Å². The monoisotopic (exact) mass is 306 g/mol. The first-order chi connectivity index (χ1) is 11.1. The molecule has 2 heteroatoms. The fraction of sp³-hybridized carbons (Fsp3) is 0.333. The second-order valence-corrected chi connectivity index (χ2v) is 6.68. The van der Waals surface area contributed by atoms with Crippen molar-refractivity contribution in [3.05, 3.63) is 71.8 Å². The highest BCUT2D eigenvalue weighted by Crippen LogP contribution is 2.28. The molecule has 1 aliphatic heterocycles. The molecule has 0 bridgehead atoms. The zero-order valence-corrected chi connectivity index (χ0v) is 13.7. The molecule has 23 heavy (non-hydrogen) atoms. The molecular weight excluding hydrogens is 282 g/mol. The molecule has 0 amide bonds. The van der Waals surface area contributed by atoms with Crippen LogP contribution in [0.5, 0.6) is 0 Å². The van der Waals surface area contributed by atoms with E-state index in [1.54, 1.807) is 0 Å². The van der Waals surface area contributed by atoms with Crippen LogP contribution in [0, 0.1) is 11.8 Å². The molecule has 118 valence electrons. The van der Waals surface area contributed by atoms with E-state index in [9.17, 15) is 5.11 Å². The predicted octanol–water partition coefficient (Wildman–Crippen LogP) is 3.17. The van der Waals surface area contributed by atoms with Crippen LogP contribution in [0.1, 0.15) is 24.0 Å². The number of rotatable bonds is 3. The summed E-state index contributed by atoms with van der Waals surface area (Å²) in [5, 5.41) is 11.3. The third kappa shape index (κ3) is 3.47. The lowest BCUT2D eigenvalue weighted by Crippen LogP contribution is -2.41. The molecule has 1 fully saturated rings. The molecule has 0 radical (unpaired) electrons. The van der Waals surface area contributed by atoms with Crippen LogP contribution in [0.3, 0.4) is 0 Å². The van der Waals surface area contributed by atoms with E-state index in [4.69, 9.17) is 0 Å². The molecule has 2 aromatic carbocycles. The van der Waals surface area contributed by atoms with E-state index in [1.807, 2.05) is 60.7 Å². The summed E-state index contributed by atoms with van der Waals surface area (Å²) in [5.74, 6) is 6.45. The van der Waals surface area contributed by atoms with Crippen molar-refractivity contribution in [2.75, 3.05) is 26.7 Å². The van der Waals surface area contributed by atoms with Crippen molar-refractivity contribution in [3.8, 4) is 11.8 Å². The van der Waals surface area contributed by atoms with Gasteiger partial charge in [0.1, 0.15) is 6.54 Å². The highest BCUT2D eigenvalue weighted by atomic mass is 16.3. The number of benzene rings is 2. The van der Waals surface area contributed by atoms with Crippen molar-refractivity contribution in [1.29, 1.82) is 0 Å². The molecule has 0 saturated carbocycles. The van der Waals surface area contributed by atoms with Crippen LogP contribution >= 0.6 is 0 Å². The number of likely N-dealkylation sites (tertiary alicyclic amines) is 1. The third-order valence-electron chi connectivity index (χ3n) is 4.76. The number of aliphatic hydroxyl groups is 1. The minimum Gasteiger partial charge on any atom is -0.369 e. The summed E-state index contributed by atoms with van der Waals surface area (Å²) in [7, 11) is 2.26. The van der Waals surface area contributed by atoms with Crippen molar-refractivity contribution < 1.29 is 9.59 Å². The minimum absolute atomic E-state index is 0.794. The number of quaternary nitrogens is 1. The maximum absolute atomic E-state index is 11.3. The summed E-state index contributed by atoms with van der Waals surface area (Å²) in [6.07, 6.45) is 2.56.